The highest BCUT2D eigenvalue weighted by atomic mass is 32.2. The van der Waals surface area contributed by atoms with E-state index in [-0.39, 0.29) is 10.8 Å². The van der Waals surface area contributed by atoms with Crippen molar-refractivity contribution in [3.05, 3.63) is 60.7 Å². The van der Waals surface area contributed by atoms with E-state index < -0.39 is 22.4 Å². The van der Waals surface area contributed by atoms with Crippen molar-refractivity contribution in [1.82, 2.24) is 9.78 Å². The van der Waals surface area contributed by atoms with Crippen molar-refractivity contribution >= 4 is 16.0 Å². The Morgan fingerprint density at radius 2 is 1.81 bits per heavy atom. The fourth-order valence-corrected chi connectivity index (χ4v) is 2.93. The zero-order valence-corrected chi connectivity index (χ0v) is 14.8. The Bertz CT molecular complexity index is 1110. The lowest BCUT2D eigenvalue weighted by Gasteiger charge is -2.08. The summed E-state index contributed by atoms with van der Waals surface area (Å²) < 4.78 is 29.5. The lowest BCUT2D eigenvalue weighted by atomic mass is 10.1. The highest BCUT2D eigenvalue weighted by Gasteiger charge is 2.16. The van der Waals surface area contributed by atoms with Crippen LogP contribution < -0.4 is 9.88 Å². The number of carbonyl (C=O) groups is 1. The number of carbonyl (C=O) groups excluding carboxylic acids is 1. The Balaban J connectivity index is 2.06. The number of sulfonamides is 1. The largest absolute Gasteiger partial charge is 0.405 e. The summed E-state index contributed by atoms with van der Waals surface area (Å²) in [6, 6.07) is 18.4. The van der Waals surface area contributed by atoms with Gasteiger partial charge < -0.3 is 4.74 Å². The van der Waals surface area contributed by atoms with Crippen LogP contribution in [0.4, 0.5) is 0 Å². The van der Waals surface area contributed by atoms with E-state index in [0.717, 1.165) is 5.56 Å². The minimum atomic E-state index is -3.81. The number of primary sulfonamides is 1. The molecule has 0 saturated carbocycles. The molecule has 0 aliphatic heterocycles. The second kappa shape index (κ2) is 7.41. The molecule has 8 nitrogen and oxygen atoms in total. The van der Waals surface area contributed by atoms with Gasteiger partial charge in [-0.2, -0.15) is 5.26 Å². The van der Waals surface area contributed by atoms with Gasteiger partial charge in [-0.3, -0.25) is 4.79 Å². The van der Waals surface area contributed by atoms with Crippen LogP contribution in [-0.2, 0) is 14.8 Å². The van der Waals surface area contributed by atoms with E-state index in [1.165, 1.54) is 16.8 Å². The summed E-state index contributed by atoms with van der Waals surface area (Å²) in [7, 11) is -3.81. The van der Waals surface area contributed by atoms with Crippen molar-refractivity contribution in [1.29, 1.82) is 5.26 Å². The Hall–Kier alpha value is -3.48. The smallest absolute Gasteiger partial charge is 0.326 e. The SMILES string of the molecule is N#CCC(=O)Oc1cc(-c2ccccc2)n(-c2ccc(S(N)(=O)=O)cc2)n1. The molecule has 0 aliphatic rings. The van der Waals surface area contributed by atoms with E-state index in [4.69, 9.17) is 15.1 Å². The van der Waals surface area contributed by atoms with Gasteiger partial charge in [0.05, 0.1) is 22.3 Å². The zero-order valence-electron chi connectivity index (χ0n) is 13.9. The van der Waals surface area contributed by atoms with Crippen LogP contribution in [0.1, 0.15) is 6.42 Å². The summed E-state index contributed by atoms with van der Waals surface area (Å²) in [4.78, 5) is 11.6. The van der Waals surface area contributed by atoms with Crippen LogP contribution in [0.3, 0.4) is 0 Å². The van der Waals surface area contributed by atoms with Gasteiger partial charge in [-0.1, -0.05) is 30.3 Å². The van der Waals surface area contributed by atoms with Crippen LogP contribution >= 0.6 is 0 Å². The normalized spacial score (nSPS) is 11.0. The predicted molar refractivity (Wildman–Crippen MR) is 96.2 cm³/mol. The van der Waals surface area contributed by atoms with Gasteiger partial charge in [-0.25, -0.2) is 18.2 Å². The van der Waals surface area contributed by atoms with Gasteiger partial charge in [0.1, 0.15) is 6.42 Å². The van der Waals surface area contributed by atoms with Gasteiger partial charge in [0, 0.05) is 11.6 Å². The average molecular weight is 382 g/mol. The van der Waals surface area contributed by atoms with Gasteiger partial charge in [-0.15, -0.1) is 5.10 Å². The molecule has 0 radical (unpaired) electrons. The van der Waals surface area contributed by atoms with Crippen molar-refractivity contribution < 1.29 is 17.9 Å². The third kappa shape index (κ3) is 4.20. The second-order valence-corrected chi connectivity index (χ2v) is 7.05. The molecule has 27 heavy (non-hydrogen) atoms. The molecule has 9 heteroatoms. The molecule has 1 heterocycles. The summed E-state index contributed by atoms with van der Waals surface area (Å²) >= 11 is 0. The Labute approximate surface area is 155 Å². The summed E-state index contributed by atoms with van der Waals surface area (Å²) in [6.07, 6.45) is -0.392. The molecule has 0 saturated heterocycles. The third-order valence-corrected chi connectivity index (χ3v) is 4.54. The Morgan fingerprint density at radius 3 is 2.41 bits per heavy atom. The summed E-state index contributed by atoms with van der Waals surface area (Å²) in [5, 5.41) is 18.0. The molecule has 0 unspecified atom stereocenters. The topological polar surface area (TPSA) is 128 Å². The molecule has 136 valence electrons. The lowest BCUT2D eigenvalue weighted by Crippen LogP contribution is -2.12. The fraction of sp³-hybridized carbons (Fsp3) is 0.0556. The van der Waals surface area contributed by atoms with Crippen LogP contribution in [0, 0.1) is 11.3 Å². The molecule has 2 N–H and O–H groups in total. The quantitative estimate of drug-likeness (QED) is 0.672. The summed E-state index contributed by atoms with van der Waals surface area (Å²) in [5.41, 5.74) is 1.98. The number of nitriles is 1. The van der Waals surface area contributed by atoms with E-state index in [9.17, 15) is 13.2 Å². The summed E-state index contributed by atoms with van der Waals surface area (Å²) in [6.45, 7) is 0. The first-order valence-corrected chi connectivity index (χ1v) is 9.29. The molecular weight excluding hydrogens is 368 g/mol. The number of nitrogens with two attached hydrogens (primary N) is 1. The zero-order chi connectivity index (χ0) is 19.4. The van der Waals surface area contributed by atoms with Crippen LogP contribution in [0.15, 0.2) is 65.6 Å². The Morgan fingerprint density at radius 1 is 1.15 bits per heavy atom. The first-order chi connectivity index (χ1) is 12.9. The van der Waals surface area contributed by atoms with Gasteiger partial charge >= 0.3 is 5.97 Å². The molecule has 3 aromatic rings. The minimum absolute atomic E-state index is 0.0275. The maximum absolute atomic E-state index is 11.6. The van der Waals surface area contributed by atoms with Crippen molar-refractivity contribution in [2.75, 3.05) is 0 Å². The first-order valence-electron chi connectivity index (χ1n) is 7.75. The number of esters is 1. The maximum Gasteiger partial charge on any atom is 0.326 e. The standard InChI is InChI=1S/C18H14N4O4S/c19-11-10-18(23)26-17-12-16(13-4-2-1-3-5-13)22(21-17)14-6-8-15(9-7-14)27(20,24)25/h1-9,12H,10H2,(H2,20,24,25). The Kier molecular flexibility index (Phi) is 5.03. The van der Waals surface area contributed by atoms with Crippen molar-refractivity contribution in [2.45, 2.75) is 11.3 Å². The highest BCUT2D eigenvalue weighted by molar-refractivity contribution is 7.89. The van der Waals surface area contributed by atoms with Crippen LogP contribution in [0.5, 0.6) is 5.88 Å². The molecule has 0 amide bonds. The van der Waals surface area contributed by atoms with Crippen molar-refractivity contribution in [3.8, 4) is 28.9 Å². The molecule has 0 atom stereocenters. The predicted octanol–water partition coefficient (Wildman–Crippen LogP) is 2.01. The van der Waals surface area contributed by atoms with Crippen LogP contribution in [-0.4, -0.2) is 24.2 Å². The van der Waals surface area contributed by atoms with E-state index >= 15 is 0 Å². The second-order valence-electron chi connectivity index (χ2n) is 5.49. The number of aromatic nitrogens is 2. The van der Waals surface area contributed by atoms with E-state index in [2.05, 4.69) is 5.10 Å². The molecule has 0 fully saturated rings. The van der Waals surface area contributed by atoms with E-state index in [0.29, 0.717) is 11.4 Å². The van der Waals surface area contributed by atoms with Crippen LogP contribution in [0.25, 0.3) is 16.9 Å². The van der Waals surface area contributed by atoms with E-state index in [1.54, 1.807) is 24.3 Å². The van der Waals surface area contributed by atoms with E-state index in [1.807, 2.05) is 30.3 Å². The average Bonchev–Trinajstić information content (AvgIpc) is 3.06. The molecule has 0 bridgehead atoms. The van der Waals surface area contributed by atoms with Crippen molar-refractivity contribution in [3.63, 3.8) is 0 Å². The number of rotatable bonds is 5. The number of hydrogen-bond acceptors (Lipinski definition) is 6. The number of benzene rings is 2. The van der Waals surface area contributed by atoms with Gasteiger partial charge in [-0.05, 0) is 24.3 Å². The third-order valence-electron chi connectivity index (χ3n) is 3.61. The highest BCUT2D eigenvalue weighted by Crippen LogP contribution is 2.27. The molecule has 0 aliphatic carbocycles. The van der Waals surface area contributed by atoms with Gasteiger partial charge in [0.25, 0.3) is 0 Å². The maximum atomic E-state index is 11.6. The monoisotopic (exact) mass is 382 g/mol. The molecule has 0 spiro atoms. The lowest BCUT2D eigenvalue weighted by molar-refractivity contribution is -0.133. The van der Waals surface area contributed by atoms with Gasteiger partial charge in [0.2, 0.25) is 15.9 Å². The minimum Gasteiger partial charge on any atom is -0.405 e. The van der Waals surface area contributed by atoms with Gasteiger partial charge in [0.15, 0.2) is 0 Å². The van der Waals surface area contributed by atoms with Crippen molar-refractivity contribution in [2.24, 2.45) is 5.14 Å². The van der Waals surface area contributed by atoms with Crippen LogP contribution in [0.2, 0.25) is 0 Å². The number of hydrogen-bond donors (Lipinski definition) is 1. The summed E-state index contributed by atoms with van der Waals surface area (Å²) in [5.74, 6) is -0.684. The number of nitrogens with zero attached hydrogens (tertiary/aromatic N) is 3. The first kappa shape index (κ1) is 18.3. The molecular formula is C18H14N4O4S. The molecule has 2 aromatic carbocycles. The fourth-order valence-electron chi connectivity index (χ4n) is 2.41. The molecule has 1 aromatic heterocycles. The number of ether oxygens (including phenoxy) is 1. The molecule has 3 rings (SSSR count).